The molecule has 1 heterocycles. The number of hydrogen-bond donors (Lipinski definition) is 1. The highest BCUT2D eigenvalue weighted by Gasteiger charge is 2.48. The summed E-state index contributed by atoms with van der Waals surface area (Å²) >= 11 is 0.448. The molecule has 1 N–H and O–H groups in total. The van der Waals surface area contributed by atoms with Gasteiger partial charge in [-0.05, 0) is 36.6 Å². The van der Waals surface area contributed by atoms with E-state index >= 15 is 0 Å². The Bertz CT molecular complexity index is 1180. The average Bonchev–Trinajstić information content (AvgIpc) is 2.82. The van der Waals surface area contributed by atoms with Gasteiger partial charge in [0.15, 0.2) is 0 Å². The Morgan fingerprint density at radius 1 is 1.03 bits per heavy atom. The van der Waals surface area contributed by atoms with Crippen LogP contribution in [0, 0.1) is 5.92 Å². The monoisotopic (exact) mass is 533 g/mol. The van der Waals surface area contributed by atoms with Crippen molar-refractivity contribution in [3.8, 4) is 5.75 Å². The molecule has 0 aromatic heterocycles. The van der Waals surface area contributed by atoms with E-state index in [4.69, 9.17) is 4.74 Å². The van der Waals surface area contributed by atoms with Crippen LogP contribution in [0.25, 0.3) is 5.57 Å². The number of nitrogens with zero attached hydrogens (tertiary/aromatic N) is 1. The summed E-state index contributed by atoms with van der Waals surface area (Å²) in [5.74, 6) is -2.98. The Kier molecular flexibility index (Phi) is 7.97. The predicted molar refractivity (Wildman–Crippen MR) is 120 cm³/mol. The summed E-state index contributed by atoms with van der Waals surface area (Å²) in [6, 6.07) is 7.57. The number of para-hydroxylation sites is 1. The first-order valence-electron chi connectivity index (χ1n) is 10.6. The van der Waals surface area contributed by atoms with E-state index in [-0.39, 0.29) is 36.6 Å². The summed E-state index contributed by atoms with van der Waals surface area (Å²) in [4.78, 5) is 24.7. The molecule has 36 heavy (non-hydrogen) atoms. The van der Waals surface area contributed by atoms with Crippen molar-refractivity contribution in [1.82, 2.24) is 4.90 Å². The molecule has 1 fully saturated rings. The Morgan fingerprint density at radius 2 is 1.67 bits per heavy atom. The predicted octanol–water partition coefficient (Wildman–Crippen LogP) is 6.22. The average molecular weight is 533 g/mol. The molecule has 3 rings (SSSR count). The molecule has 1 aliphatic heterocycles. The lowest BCUT2D eigenvalue weighted by Crippen LogP contribution is -2.42. The molecule has 5 nitrogen and oxygen atoms in total. The number of amides is 1. The molecule has 1 atom stereocenters. The van der Waals surface area contributed by atoms with Crippen LogP contribution in [-0.4, -0.2) is 42.1 Å². The normalized spacial score (nSPS) is 16.5. The molecule has 1 saturated heterocycles. The Hall–Kier alpha value is -3.15. The number of likely N-dealkylation sites (tertiary alicyclic amines) is 1. The first kappa shape index (κ1) is 27.4. The number of alkyl halides is 6. The first-order chi connectivity index (χ1) is 16.8. The third kappa shape index (κ3) is 5.80. The number of carbonyl (C=O) groups excluding carboxylic acids is 1. The highest BCUT2D eigenvalue weighted by molar-refractivity contribution is 7.99. The lowest BCUT2D eigenvalue weighted by atomic mass is 9.92. The van der Waals surface area contributed by atoms with Crippen LogP contribution in [-0.2, 0) is 21.9 Å². The van der Waals surface area contributed by atoms with Gasteiger partial charge in [-0.2, -0.15) is 26.3 Å². The molecular formula is C24H21F6NO4S. The zero-order valence-corrected chi connectivity index (χ0v) is 19.7. The molecule has 2 aromatic rings. The maximum Gasteiger partial charge on any atom is 0.418 e. The molecular weight excluding hydrogens is 512 g/mol. The van der Waals surface area contributed by atoms with E-state index in [0.717, 1.165) is 17.0 Å². The molecule has 0 bridgehead atoms. The third-order valence-electron chi connectivity index (χ3n) is 5.66. The topological polar surface area (TPSA) is 66.8 Å². The third-order valence-corrected chi connectivity index (χ3v) is 6.78. The zero-order valence-electron chi connectivity index (χ0n) is 18.9. The molecule has 0 aliphatic carbocycles. The van der Waals surface area contributed by atoms with Gasteiger partial charge in [0.1, 0.15) is 5.75 Å². The first-order valence-corrected chi connectivity index (χ1v) is 11.4. The van der Waals surface area contributed by atoms with Gasteiger partial charge < -0.3 is 14.7 Å². The Morgan fingerprint density at radius 3 is 2.25 bits per heavy atom. The van der Waals surface area contributed by atoms with Crippen molar-refractivity contribution in [2.75, 3.05) is 20.2 Å². The molecule has 0 radical (unpaired) electrons. The van der Waals surface area contributed by atoms with Gasteiger partial charge in [0.05, 0.1) is 29.1 Å². The van der Waals surface area contributed by atoms with Gasteiger partial charge in [-0.15, -0.1) is 0 Å². The van der Waals surface area contributed by atoms with E-state index in [1.165, 1.54) is 25.3 Å². The Labute approximate surface area is 206 Å². The highest BCUT2D eigenvalue weighted by Crippen LogP contribution is 2.50. The fourth-order valence-electron chi connectivity index (χ4n) is 3.99. The van der Waals surface area contributed by atoms with Gasteiger partial charge in [0, 0.05) is 23.6 Å². The number of hydrogen-bond acceptors (Lipinski definition) is 4. The molecule has 12 heteroatoms. The second-order valence-corrected chi connectivity index (χ2v) is 9.10. The number of ether oxygens (including phenoxy) is 1. The van der Waals surface area contributed by atoms with Crippen LogP contribution in [0.2, 0.25) is 0 Å². The van der Waals surface area contributed by atoms with Gasteiger partial charge in [0.2, 0.25) is 0 Å². The quantitative estimate of drug-likeness (QED) is 0.353. The number of rotatable bonds is 6. The molecule has 1 aliphatic rings. The summed E-state index contributed by atoms with van der Waals surface area (Å²) in [6.45, 7) is 3.15. The van der Waals surface area contributed by atoms with Crippen molar-refractivity contribution in [3.05, 3.63) is 59.7 Å². The molecule has 194 valence electrons. The fourth-order valence-corrected chi connectivity index (χ4v) is 5.08. The van der Waals surface area contributed by atoms with Crippen LogP contribution in [0.1, 0.15) is 29.5 Å². The number of methoxy groups -OCH3 is 1. The molecule has 1 unspecified atom stereocenters. The summed E-state index contributed by atoms with van der Waals surface area (Å²) in [5, 5.41) is 9.21. The smallest absolute Gasteiger partial charge is 0.418 e. The van der Waals surface area contributed by atoms with E-state index in [1.807, 2.05) is 0 Å². The minimum atomic E-state index is -5.48. The molecule has 2 aromatic carbocycles. The van der Waals surface area contributed by atoms with Crippen molar-refractivity contribution in [2.45, 2.75) is 35.0 Å². The molecule has 0 saturated carbocycles. The number of carboxylic acids is 1. The summed E-state index contributed by atoms with van der Waals surface area (Å²) in [7, 11) is 1.28. The molecule has 0 spiro atoms. The minimum absolute atomic E-state index is 0.0524. The van der Waals surface area contributed by atoms with Crippen LogP contribution < -0.4 is 4.74 Å². The van der Waals surface area contributed by atoms with Crippen LogP contribution in [0.3, 0.4) is 0 Å². The van der Waals surface area contributed by atoms with Crippen LogP contribution in [0.5, 0.6) is 5.75 Å². The van der Waals surface area contributed by atoms with Crippen molar-refractivity contribution in [2.24, 2.45) is 5.92 Å². The van der Waals surface area contributed by atoms with Crippen molar-refractivity contribution >= 4 is 29.2 Å². The van der Waals surface area contributed by atoms with E-state index in [2.05, 4.69) is 6.58 Å². The SMILES string of the molecule is C=C(C(=O)N1CCCC(C(=O)O)C1)c1ccc(Sc2ccccc2OC)c(C(F)(F)F)c1C(F)(F)F. The van der Waals surface area contributed by atoms with Crippen LogP contribution in [0.4, 0.5) is 26.3 Å². The van der Waals surface area contributed by atoms with Gasteiger partial charge in [-0.1, -0.05) is 36.5 Å². The maximum atomic E-state index is 14.2. The number of benzene rings is 2. The number of halogens is 6. The molecule has 1 amide bonds. The number of aliphatic carboxylic acids is 1. The van der Waals surface area contributed by atoms with Gasteiger partial charge in [-0.25, -0.2) is 0 Å². The summed E-state index contributed by atoms with van der Waals surface area (Å²) in [5.41, 5.74) is -5.78. The lowest BCUT2D eigenvalue weighted by Gasteiger charge is -2.32. The summed E-state index contributed by atoms with van der Waals surface area (Å²) < 4.78 is 90.0. The van der Waals surface area contributed by atoms with Crippen LogP contribution in [0.15, 0.2) is 52.8 Å². The number of carboxylic acid groups (broad SMARTS) is 1. The number of piperidine rings is 1. The largest absolute Gasteiger partial charge is 0.496 e. The zero-order chi connectivity index (χ0) is 26.8. The van der Waals surface area contributed by atoms with Gasteiger partial charge in [-0.3, -0.25) is 9.59 Å². The van der Waals surface area contributed by atoms with E-state index < -0.39 is 57.3 Å². The second-order valence-electron chi connectivity index (χ2n) is 8.02. The maximum absolute atomic E-state index is 14.2. The van der Waals surface area contributed by atoms with Gasteiger partial charge >= 0.3 is 18.3 Å². The van der Waals surface area contributed by atoms with Crippen molar-refractivity contribution < 1.29 is 45.8 Å². The van der Waals surface area contributed by atoms with E-state index in [1.54, 1.807) is 6.07 Å². The standard InChI is InChI=1S/C24H21F6NO4S/c1-13(21(32)31-11-5-6-14(12-31)22(33)34)15-9-10-18(36-17-8-4-3-7-16(17)35-2)20(24(28,29)30)19(15)23(25,26)27/h3-4,7-10,14H,1,5-6,11-12H2,2H3,(H,33,34). The Balaban J connectivity index is 2.12. The van der Waals surface area contributed by atoms with Crippen LogP contribution >= 0.6 is 11.8 Å². The van der Waals surface area contributed by atoms with Gasteiger partial charge in [0.25, 0.3) is 5.91 Å². The van der Waals surface area contributed by atoms with Crippen molar-refractivity contribution in [3.63, 3.8) is 0 Å². The summed E-state index contributed by atoms with van der Waals surface area (Å²) in [6.07, 6.45) is -10.4. The second kappa shape index (κ2) is 10.5. The minimum Gasteiger partial charge on any atom is -0.496 e. The van der Waals surface area contributed by atoms with E-state index in [0.29, 0.717) is 11.8 Å². The number of carbonyl (C=O) groups is 2. The lowest BCUT2D eigenvalue weighted by molar-refractivity contribution is -0.163. The van der Waals surface area contributed by atoms with E-state index in [9.17, 15) is 41.0 Å². The van der Waals surface area contributed by atoms with Crippen molar-refractivity contribution in [1.29, 1.82) is 0 Å². The fraction of sp³-hybridized carbons (Fsp3) is 0.333. The highest BCUT2D eigenvalue weighted by atomic mass is 32.2.